The smallest absolute Gasteiger partial charge is 0.199 e. The molecule has 0 bridgehead atoms. The standard InChI is InChI=1S/C15H10N4O/c16-8-10-3-1-4-11(7-10)18-9-13-12-5-2-6-17-14(12)19-15(13)20/h1-7,9,20H,(H,17,19). The Balaban J connectivity index is 2.02. The highest BCUT2D eigenvalue weighted by Gasteiger charge is 2.08. The van der Waals surface area contributed by atoms with Crippen molar-refractivity contribution in [3.05, 3.63) is 53.7 Å². The third-order valence-electron chi connectivity index (χ3n) is 2.91. The molecule has 0 saturated heterocycles. The summed E-state index contributed by atoms with van der Waals surface area (Å²) in [6.07, 6.45) is 3.21. The predicted octanol–water partition coefficient (Wildman–Crippen LogP) is 2.89. The summed E-state index contributed by atoms with van der Waals surface area (Å²) >= 11 is 0. The molecule has 96 valence electrons. The van der Waals surface area contributed by atoms with Crippen LogP contribution in [0.5, 0.6) is 5.88 Å². The fraction of sp³-hybridized carbons (Fsp3) is 0. The first kappa shape index (κ1) is 11.9. The number of H-pyrrole nitrogens is 1. The molecule has 3 aromatic rings. The van der Waals surface area contributed by atoms with Gasteiger partial charge < -0.3 is 10.1 Å². The van der Waals surface area contributed by atoms with Crippen molar-refractivity contribution in [3.63, 3.8) is 0 Å². The molecule has 0 atom stereocenters. The van der Waals surface area contributed by atoms with Gasteiger partial charge in [-0.15, -0.1) is 0 Å². The molecule has 2 N–H and O–H groups in total. The second-order valence-electron chi connectivity index (χ2n) is 4.21. The Morgan fingerprint density at radius 3 is 3.05 bits per heavy atom. The molecule has 5 heteroatoms. The van der Waals surface area contributed by atoms with E-state index in [2.05, 4.69) is 21.0 Å². The zero-order valence-electron chi connectivity index (χ0n) is 10.4. The van der Waals surface area contributed by atoms with Crippen LogP contribution in [0.3, 0.4) is 0 Å². The predicted molar refractivity (Wildman–Crippen MR) is 76.2 cm³/mol. The summed E-state index contributed by atoms with van der Waals surface area (Å²) in [6, 6.07) is 12.7. The normalized spacial score (nSPS) is 10.9. The highest BCUT2D eigenvalue weighted by molar-refractivity contribution is 6.01. The number of nitrogens with zero attached hydrogens (tertiary/aromatic N) is 3. The van der Waals surface area contributed by atoms with Gasteiger partial charge in [-0.1, -0.05) is 6.07 Å². The minimum atomic E-state index is 0.0267. The number of aromatic nitrogens is 2. The number of aromatic hydroxyl groups is 1. The fourth-order valence-electron chi connectivity index (χ4n) is 1.95. The monoisotopic (exact) mass is 262 g/mol. The maximum atomic E-state index is 9.87. The van der Waals surface area contributed by atoms with Crippen molar-refractivity contribution in [1.29, 1.82) is 5.26 Å². The van der Waals surface area contributed by atoms with Crippen LogP contribution in [0.1, 0.15) is 11.1 Å². The number of hydrogen-bond donors (Lipinski definition) is 2. The Labute approximate surface area is 114 Å². The van der Waals surface area contributed by atoms with E-state index in [1.807, 2.05) is 6.07 Å². The van der Waals surface area contributed by atoms with Crippen LogP contribution in [0.25, 0.3) is 11.0 Å². The van der Waals surface area contributed by atoms with Gasteiger partial charge in [0.05, 0.1) is 22.9 Å². The zero-order chi connectivity index (χ0) is 13.9. The number of nitriles is 1. The molecule has 0 spiro atoms. The quantitative estimate of drug-likeness (QED) is 0.696. The summed E-state index contributed by atoms with van der Waals surface area (Å²) in [6.45, 7) is 0. The van der Waals surface area contributed by atoms with E-state index in [0.29, 0.717) is 22.5 Å². The van der Waals surface area contributed by atoms with E-state index in [0.717, 1.165) is 5.39 Å². The number of aliphatic imine (C=N–C) groups is 1. The van der Waals surface area contributed by atoms with Crippen LogP contribution in [-0.2, 0) is 0 Å². The molecule has 0 aliphatic heterocycles. The summed E-state index contributed by atoms with van der Waals surface area (Å²) in [5.41, 5.74) is 2.39. The Morgan fingerprint density at radius 1 is 1.30 bits per heavy atom. The minimum Gasteiger partial charge on any atom is -0.494 e. The topological polar surface area (TPSA) is 85.1 Å². The first-order valence-electron chi connectivity index (χ1n) is 5.98. The summed E-state index contributed by atoms with van der Waals surface area (Å²) in [7, 11) is 0. The van der Waals surface area contributed by atoms with Crippen molar-refractivity contribution in [2.45, 2.75) is 0 Å². The Morgan fingerprint density at radius 2 is 2.20 bits per heavy atom. The minimum absolute atomic E-state index is 0.0267. The first-order chi connectivity index (χ1) is 9.78. The lowest BCUT2D eigenvalue weighted by atomic mass is 10.2. The molecule has 0 unspecified atom stereocenters. The molecule has 0 aliphatic rings. The van der Waals surface area contributed by atoms with E-state index >= 15 is 0 Å². The van der Waals surface area contributed by atoms with Gasteiger partial charge in [0.1, 0.15) is 5.65 Å². The summed E-state index contributed by atoms with van der Waals surface area (Å²) in [4.78, 5) is 11.2. The van der Waals surface area contributed by atoms with Crippen LogP contribution < -0.4 is 0 Å². The number of nitrogens with one attached hydrogen (secondary N) is 1. The molecular formula is C15H10N4O. The second kappa shape index (κ2) is 4.86. The number of pyridine rings is 1. The van der Waals surface area contributed by atoms with Crippen LogP contribution in [0.2, 0.25) is 0 Å². The number of benzene rings is 1. The highest BCUT2D eigenvalue weighted by atomic mass is 16.3. The third-order valence-corrected chi connectivity index (χ3v) is 2.91. The Bertz CT molecular complexity index is 842. The van der Waals surface area contributed by atoms with E-state index in [4.69, 9.17) is 5.26 Å². The number of hydrogen-bond acceptors (Lipinski definition) is 4. The Hall–Kier alpha value is -3.13. The van der Waals surface area contributed by atoms with E-state index in [9.17, 15) is 5.11 Å². The van der Waals surface area contributed by atoms with Gasteiger partial charge in [0.25, 0.3) is 0 Å². The molecule has 3 rings (SSSR count). The zero-order valence-corrected chi connectivity index (χ0v) is 10.4. The van der Waals surface area contributed by atoms with Crippen molar-refractivity contribution in [3.8, 4) is 11.9 Å². The molecule has 0 aliphatic carbocycles. The van der Waals surface area contributed by atoms with Gasteiger partial charge in [0.2, 0.25) is 0 Å². The van der Waals surface area contributed by atoms with Crippen molar-refractivity contribution in [1.82, 2.24) is 9.97 Å². The lowest BCUT2D eigenvalue weighted by Gasteiger charge is -1.94. The molecule has 0 amide bonds. The maximum Gasteiger partial charge on any atom is 0.199 e. The first-order valence-corrected chi connectivity index (χ1v) is 5.98. The number of rotatable bonds is 2. The van der Waals surface area contributed by atoms with Gasteiger partial charge in [-0.3, -0.25) is 4.99 Å². The highest BCUT2D eigenvalue weighted by Crippen LogP contribution is 2.24. The maximum absolute atomic E-state index is 9.87. The average molecular weight is 262 g/mol. The van der Waals surface area contributed by atoms with Gasteiger partial charge >= 0.3 is 0 Å². The molecule has 2 heterocycles. The third kappa shape index (κ3) is 2.10. The fourth-order valence-corrected chi connectivity index (χ4v) is 1.95. The molecule has 20 heavy (non-hydrogen) atoms. The molecule has 2 aromatic heterocycles. The second-order valence-corrected chi connectivity index (χ2v) is 4.21. The molecule has 0 radical (unpaired) electrons. The summed E-state index contributed by atoms with van der Waals surface area (Å²) in [5.74, 6) is 0.0267. The van der Waals surface area contributed by atoms with E-state index in [1.165, 1.54) is 0 Å². The van der Waals surface area contributed by atoms with Crippen LogP contribution in [0, 0.1) is 11.3 Å². The molecule has 0 fully saturated rings. The van der Waals surface area contributed by atoms with Gasteiger partial charge in [0.15, 0.2) is 5.88 Å². The lowest BCUT2D eigenvalue weighted by molar-refractivity contribution is 0.457. The van der Waals surface area contributed by atoms with Gasteiger partial charge in [-0.05, 0) is 30.3 Å². The largest absolute Gasteiger partial charge is 0.494 e. The van der Waals surface area contributed by atoms with Gasteiger partial charge in [0, 0.05) is 17.8 Å². The van der Waals surface area contributed by atoms with Gasteiger partial charge in [-0.2, -0.15) is 5.26 Å². The molecule has 1 aromatic carbocycles. The lowest BCUT2D eigenvalue weighted by Crippen LogP contribution is -1.80. The molecule has 5 nitrogen and oxygen atoms in total. The van der Waals surface area contributed by atoms with Crippen LogP contribution in [-0.4, -0.2) is 21.3 Å². The van der Waals surface area contributed by atoms with Crippen LogP contribution in [0.15, 0.2) is 47.6 Å². The van der Waals surface area contributed by atoms with Crippen LogP contribution in [0.4, 0.5) is 5.69 Å². The van der Waals surface area contributed by atoms with Crippen molar-refractivity contribution >= 4 is 22.9 Å². The molecular weight excluding hydrogens is 252 g/mol. The van der Waals surface area contributed by atoms with Crippen LogP contribution >= 0.6 is 0 Å². The van der Waals surface area contributed by atoms with Crippen molar-refractivity contribution in [2.24, 2.45) is 4.99 Å². The van der Waals surface area contributed by atoms with Crippen molar-refractivity contribution < 1.29 is 5.11 Å². The summed E-state index contributed by atoms with van der Waals surface area (Å²) in [5, 5.41) is 19.5. The van der Waals surface area contributed by atoms with E-state index in [1.54, 1.807) is 42.7 Å². The Kier molecular flexibility index (Phi) is 2.90. The average Bonchev–Trinajstić information content (AvgIpc) is 2.81. The summed E-state index contributed by atoms with van der Waals surface area (Å²) < 4.78 is 0. The van der Waals surface area contributed by atoms with E-state index < -0.39 is 0 Å². The van der Waals surface area contributed by atoms with Gasteiger partial charge in [-0.25, -0.2) is 4.98 Å². The number of fused-ring (bicyclic) bond motifs is 1. The van der Waals surface area contributed by atoms with Crippen molar-refractivity contribution in [2.75, 3.05) is 0 Å². The molecule has 0 saturated carbocycles. The SMILES string of the molecule is N#Cc1cccc(N=Cc2c(O)[nH]c3ncccc23)c1. The van der Waals surface area contributed by atoms with E-state index in [-0.39, 0.29) is 5.88 Å². The number of aromatic amines is 1.